The van der Waals surface area contributed by atoms with Crippen LogP contribution in [0.5, 0.6) is 0 Å². The van der Waals surface area contributed by atoms with Crippen molar-refractivity contribution in [2.45, 2.75) is 18.2 Å². The van der Waals surface area contributed by atoms with E-state index in [1.54, 1.807) is 32.0 Å². The average molecular weight is 310 g/mol. The zero-order chi connectivity index (χ0) is 14.9. The second-order valence-electron chi connectivity index (χ2n) is 4.30. The number of benzene rings is 1. The van der Waals surface area contributed by atoms with Gasteiger partial charge in [-0.3, -0.25) is 4.79 Å². The summed E-state index contributed by atoms with van der Waals surface area (Å²) in [4.78, 5) is 15.7. The van der Waals surface area contributed by atoms with Gasteiger partial charge in [0, 0.05) is 11.3 Å². The molecule has 0 fully saturated rings. The van der Waals surface area contributed by atoms with E-state index in [1.807, 2.05) is 0 Å². The Morgan fingerprint density at radius 2 is 2.15 bits per heavy atom. The van der Waals surface area contributed by atoms with E-state index >= 15 is 0 Å². The van der Waals surface area contributed by atoms with E-state index in [9.17, 15) is 13.2 Å². The van der Waals surface area contributed by atoms with E-state index in [4.69, 9.17) is 0 Å². The van der Waals surface area contributed by atoms with Crippen LogP contribution in [0, 0.1) is 0 Å². The average Bonchev–Trinajstić information content (AvgIpc) is 2.82. The molecule has 1 aromatic heterocycles. The van der Waals surface area contributed by atoms with Crippen molar-refractivity contribution in [3.8, 4) is 0 Å². The van der Waals surface area contributed by atoms with E-state index in [2.05, 4.69) is 16.9 Å². The second-order valence-corrected chi connectivity index (χ2v) is 7.78. The van der Waals surface area contributed by atoms with Crippen LogP contribution >= 0.6 is 11.3 Å². The van der Waals surface area contributed by atoms with E-state index in [1.165, 1.54) is 0 Å². The van der Waals surface area contributed by atoms with Gasteiger partial charge in [-0.25, -0.2) is 13.4 Å². The van der Waals surface area contributed by atoms with Crippen LogP contribution in [-0.2, 0) is 14.6 Å². The van der Waals surface area contributed by atoms with Crippen molar-refractivity contribution in [2.24, 2.45) is 0 Å². The van der Waals surface area contributed by atoms with E-state index in [-0.39, 0.29) is 16.0 Å². The number of nitrogens with one attached hydrogen (secondary N) is 1. The first-order valence-corrected chi connectivity index (χ1v) is 8.40. The number of carbonyl (C=O) groups is 1. The first-order valence-electron chi connectivity index (χ1n) is 5.93. The highest BCUT2D eigenvalue weighted by Crippen LogP contribution is 2.28. The fraction of sp³-hybridized carbons (Fsp3) is 0.231. The first-order chi connectivity index (χ1) is 9.33. The summed E-state index contributed by atoms with van der Waals surface area (Å²) in [6.07, 6.45) is 0. The van der Waals surface area contributed by atoms with Crippen LogP contribution < -0.4 is 5.32 Å². The number of aromatic nitrogens is 1. The highest BCUT2D eigenvalue weighted by atomic mass is 32.2. The number of carbonyl (C=O) groups excluding carboxylic acids is 1. The van der Waals surface area contributed by atoms with Gasteiger partial charge in [0.25, 0.3) is 5.91 Å². The van der Waals surface area contributed by atoms with E-state index < -0.39 is 9.84 Å². The molecule has 0 radical (unpaired) electrons. The summed E-state index contributed by atoms with van der Waals surface area (Å²) in [5, 5.41) is 2.69. The van der Waals surface area contributed by atoms with Crippen LogP contribution in [0.25, 0.3) is 10.2 Å². The molecule has 1 amide bonds. The van der Waals surface area contributed by atoms with Crippen molar-refractivity contribution in [3.05, 3.63) is 30.4 Å². The van der Waals surface area contributed by atoms with Crippen LogP contribution in [0.1, 0.15) is 13.8 Å². The van der Waals surface area contributed by atoms with Crippen LogP contribution in [0.4, 0.5) is 5.69 Å². The molecule has 1 N–H and O–H groups in total. The Hall–Kier alpha value is -1.73. The second kappa shape index (κ2) is 5.34. The minimum atomic E-state index is -3.30. The number of hydrogen-bond acceptors (Lipinski definition) is 5. The standard InChI is InChI=1S/C13H14N2O3S2/c1-4-20(17,18)13-15-10-6-5-9(7-11(10)19-13)14-12(16)8(2)3/h5-7H,2,4H2,1,3H3,(H,14,16). The van der Waals surface area contributed by atoms with Crippen molar-refractivity contribution in [1.82, 2.24) is 4.98 Å². The number of rotatable bonds is 4. The third-order valence-electron chi connectivity index (χ3n) is 2.66. The normalized spacial score (nSPS) is 11.5. The Morgan fingerprint density at radius 3 is 2.75 bits per heavy atom. The molecule has 0 aliphatic rings. The van der Waals surface area contributed by atoms with Gasteiger partial charge < -0.3 is 5.32 Å². The molecule has 0 saturated heterocycles. The number of anilines is 1. The highest BCUT2D eigenvalue weighted by molar-refractivity contribution is 7.93. The molecular formula is C13H14N2O3S2. The van der Waals surface area contributed by atoms with Gasteiger partial charge in [-0.1, -0.05) is 13.5 Å². The molecule has 1 heterocycles. The Balaban J connectivity index is 2.40. The van der Waals surface area contributed by atoms with Gasteiger partial charge in [-0.15, -0.1) is 11.3 Å². The van der Waals surface area contributed by atoms with Gasteiger partial charge >= 0.3 is 0 Å². The molecule has 7 heteroatoms. The number of fused-ring (bicyclic) bond motifs is 1. The molecule has 2 aromatic rings. The first kappa shape index (κ1) is 14.7. The van der Waals surface area contributed by atoms with Gasteiger partial charge in [0.1, 0.15) is 0 Å². The molecule has 20 heavy (non-hydrogen) atoms. The lowest BCUT2D eigenvalue weighted by Crippen LogP contribution is -2.11. The van der Waals surface area contributed by atoms with Gasteiger partial charge in [0.15, 0.2) is 0 Å². The molecule has 0 aliphatic heterocycles. The molecule has 0 bridgehead atoms. The van der Waals surface area contributed by atoms with Crippen LogP contribution in [-0.4, -0.2) is 25.1 Å². The molecule has 2 rings (SSSR count). The van der Waals surface area contributed by atoms with Crippen LogP contribution in [0.3, 0.4) is 0 Å². The topological polar surface area (TPSA) is 76.1 Å². The van der Waals surface area contributed by atoms with Gasteiger partial charge in [-0.05, 0) is 25.1 Å². The van der Waals surface area contributed by atoms with E-state index in [0.29, 0.717) is 16.8 Å². The summed E-state index contributed by atoms with van der Waals surface area (Å²) in [5.74, 6) is -0.248. The molecule has 5 nitrogen and oxygen atoms in total. The summed E-state index contributed by atoms with van der Waals surface area (Å²) in [6.45, 7) is 6.76. The lowest BCUT2D eigenvalue weighted by molar-refractivity contribution is -0.112. The molecule has 1 aromatic carbocycles. The summed E-state index contributed by atoms with van der Waals surface area (Å²) in [5.41, 5.74) is 1.61. The zero-order valence-electron chi connectivity index (χ0n) is 11.1. The molecule has 0 atom stereocenters. The zero-order valence-corrected chi connectivity index (χ0v) is 12.8. The van der Waals surface area contributed by atoms with Crippen LogP contribution in [0.15, 0.2) is 34.7 Å². The van der Waals surface area contributed by atoms with Crippen molar-refractivity contribution >= 4 is 43.0 Å². The smallest absolute Gasteiger partial charge is 0.250 e. The van der Waals surface area contributed by atoms with Gasteiger partial charge in [0.05, 0.1) is 16.0 Å². The molecule has 106 valence electrons. The van der Waals surface area contributed by atoms with Gasteiger partial charge in [0.2, 0.25) is 14.2 Å². The number of nitrogens with zero attached hydrogens (tertiary/aromatic N) is 1. The Morgan fingerprint density at radius 1 is 1.45 bits per heavy atom. The number of hydrogen-bond donors (Lipinski definition) is 1. The summed E-state index contributed by atoms with van der Waals surface area (Å²) < 4.78 is 24.4. The molecule has 0 aliphatic carbocycles. The maximum absolute atomic E-state index is 11.8. The largest absolute Gasteiger partial charge is 0.322 e. The molecule has 0 saturated carbocycles. The van der Waals surface area contributed by atoms with Crippen molar-refractivity contribution in [3.63, 3.8) is 0 Å². The molecule has 0 spiro atoms. The lowest BCUT2D eigenvalue weighted by Gasteiger charge is -2.03. The van der Waals surface area contributed by atoms with Crippen LogP contribution in [0.2, 0.25) is 0 Å². The molecular weight excluding hydrogens is 296 g/mol. The van der Waals surface area contributed by atoms with E-state index in [0.717, 1.165) is 16.0 Å². The fourth-order valence-corrected chi connectivity index (χ4v) is 3.83. The minimum absolute atomic E-state index is 0.0199. The van der Waals surface area contributed by atoms with Crippen molar-refractivity contribution in [1.29, 1.82) is 0 Å². The molecule has 0 unspecified atom stereocenters. The SMILES string of the molecule is C=C(C)C(=O)Nc1ccc2nc(S(=O)(=O)CC)sc2c1. The Kier molecular flexibility index (Phi) is 3.92. The minimum Gasteiger partial charge on any atom is -0.322 e. The number of amides is 1. The summed E-state index contributed by atoms with van der Waals surface area (Å²) in [6, 6.07) is 5.09. The predicted octanol–water partition coefficient (Wildman–Crippen LogP) is 2.60. The summed E-state index contributed by atoms with van der Waals surface area (Å²) in [7, 11) is -3.30. The predicted molar refractivity (Wildman–Crippen MR) is 80.8 cm³/mol. The summed E-state index contributed by atoms with van der Waals surface area (Å²) >= 11 is 1.11. The van der Waals surface area contributed by atoms with Crippen molar-refractivity contribution < 1.29 is 13.2 Å². The Bertz CT molecular complexity index is 791. The van der Waals surface area contributed by atoms with Crippen molar-refractivity contribution in [2.75, 3.05) is 11.1 Å². The maximum atomic E-state index is 11.8. The number of thiazole rings is 1. The number of sulfone groups is 1. The Labute approximate surface area is 121 Å². The fourth-order valence-electron chi connectivity index (χ4n) is 1.48. The maximum Gasteiger partial charge on any atom is 0.250 e. The monoisotopic (exact) mass is 310 g/mol. The third kappa shape index (κ3) is 2.88. The quantitative estimate of drug-likeness (QED) is 0.881. The highest BCUT2D eigenvalue weighted by Gasteiger charge is 2.17. The lowest BCUT2D eigenvalue weighted by atomic mass is 10.2. The third-order valence-corrected chi connectivity index (χ3v) is 5.87. The van der Waals surface area contributed by atoms with Gasteiger partial charge in [-0.2, -0.15) is 0 Å².